The lowest BCUT2D eigenvalue weighted by atomic mass is 9.86. The van der Waals surface area contributed by atoms with Crippen LogP contribution >= 0.6 is 0 Å². The predicted octanol–water partition coefficient (Wildman–Crippen LogP) is 5.66. The molecule has 1 aliphatic rings. The van der Waals surface area contributed by atoms with Crippen molar-refractivity contribution in [3.05, 3.63) is 65.7 Å². The fourth-order valence-electron chi connectivity index (χ4n) is 3.80. The average Bonchev–Trinajstić information content (AvgIpc) is 3.19. The fourth-order valence-corrected chi connectivity index (χ4v) is 3.80. The van der Waals surface area contributed by atoms with E-state index in [-0.39, 0.29) is 11.8 Å². The molecule has 1 aromatic heterocycles. The molecule has 6 heteroatoms. The summed E-state index contributed by atoms with van der Waals surface area (Å²) in [5, 5.41) is 8.33. The van der Waals surface area contributed by atoms with Gasteiger partial charge in [-0.25, -0.2) is 0 Å². The van der Waals surface area contributed by atoms with Crippen molar-refractivity contribution >= 4 is 22.4 Å². The summed E-state index contributed by atoms with van der Waals surface area (Å²) in [4.78, 5) is 13.4. The number of carbonyl (C=O) groups excluding carboxylic acids is 1. The lowest BCUT2D eigenvalue weighted by Gasteiger charge is -2.20. The lowest BCUT2D eigenvalue weighted by Crippen LogP contribution is -2.16. The molecule has 0 saturated carbocycles. The number of hydrogen-bond donors (Lipinski definition) is 1. The maximum Gasteiger partial charge on any atom is 0.196 e. The van der Waals surface area contributed by atoms with Gasteiger partial charge in [0.25, 0.3) is 0 Å². The van der Waals surface area contributed by atoms with Crippen molar-refractivity contribution in [3.8, 4) is 28.6 Å². The first-order valence-corrected chi connectivity index (χ1v) is 9.75. The molecule has 0 atom stereocenters. The van der Waals surface area contributed by atoms with Gasteiger partial charge in [-0.15, -0.1) is 0 Å². The Bertz CT molecular complexity index is 1270. The van der Waals surface area contributed by atoms with Gasteiger partial charge in [-0.2, -0.15) is 0 Å². The van der Waals surface area contributed by atoms with Crippen LogP contribution in [0.4, 0.5) is 5.69 Å². The summed E-state index contributed by atoms with van der Waals surface area (Å²) in [7, 11) is 1.62. The summed E-state index contributed by atoms with van der Waals surface area (Å²) >= 11 is 0. The maximum atomic E-state index is 13.4. The van der Waals surface area contributed by atoms with Crippen molar-refractivity contribution < 1.29 is 18.8 Å². The number of aromatic nitrogens is 1. The van der Waals surface area contributed by atoms with Crippen LogP contribution in [0.1, 0.15) is 29.8 Å². The number of rotatable bonds is 5. The highest BCUT2D eigenvalue weighted by Gasteiger charge is 2.33. The Hall–Kier alpha value is -3.80. The normalized spacial score (nSPS) is 12.2. The van der Waals surface area contributed by atoms with E-state index >= 15 is 0 Å². The van der Waals surface area contributed by atoms with Crippen molar-refractivity contribution in [1.29, 1.82) is 0 Å². The van der Waals surface area contributed by atoms with Crippen molar-refractivity contribution in [2.75, 3.05) is 12.4 Å². The molecule has 0 aliphatic heterocycles. The standard InChI is InChI=1S/C24H20N2O4/c1-13(2)25-18-12-19(29-15-10-8-14(28-3)9-11-15)22-21-20(18)23(27)16-6-4-5-7-17(16)24(21)30-26-22/h4-13,25H,1-3H3. The first kappa shape index (κ1) is 18.2. The zero-order valence-electron chi connectivity index (χ0n) is 16.9. The lowest BCUT2D eigenvalue weighted by molar-refractivity contribution is 0.104. The molecular formula is C24H20N2O4. The third-order valence-electron chi connectivity index (χ3n) is 5.10. The Kier molecular flexibility index (Phi) is 4.20. The van der Waals surface area contributed by atoms with E-state index in [0.717, 1.165) is 11.3 Å². The molecule has 0 bridgehead atoms. The molecule has 4 aromatic rings. The van der Waals surface area contributed by atoms with Crippen LogP contribution in [0, 0.1) is 0 Å². The fraction of sp³-hybridized carbons (Fsp3) is 0.167. The molecule has 6 nitrogen and oxygen atoms in total. The van der Waals surface area contributed by atoms with Gasteiger partial charge in [0, 0.05) is 23.2 Å². The molecule has 5 rings (SSSR count). The van der Waals surface area contributed by atoms with E-state index in [1.54, 1.807) is 7.11 Å². The Morgan fingerprint density at radius 1 is 1.00 bits per heavy atom. The number of benzene rings is 3. The van der Waals surface area contributed by atoms with Gasteiger partial charge in [0.05, 0.1) is 23.7 Å². The summed E-state index contributed by atoms with van der Waals surface area (Å²) in [6.07, 6.45) is 0. The summed E-state index contributed by atoms with van der Waals surface area (Å²) in [5.74, 6) is 2.43. The third-order valence-corrected chi connectivity index (χ3v) is 5.10. The molecule has 1 N–H and O–H groups in total. The molecule has 1 aliphatic carbocycles. The Morgan fingerprint density at radius 3 is 2.40 bits per heavy atom. The molecule has 0 radical (unpaired) electrons. The van der Waals surface area contributed by atoms with E-state index in [4.69, 9.17) is 14.0 Å². The maximum absolute atomic E-state index is 13.4. The highest BCUT2D eigenvalue weighted by molar-refractivity contribution is 6.28. The van der Waals surface area contributed by atoms with Gasteiger partial charge in [-0.05, 0) is 38.1 Å². The van der Waals surface area contributed by atoms with Crippen LogP contribution in [0.2, 0.25) is 0 Å². The van der Waals surface area contributed by atoms with Gasteiger partial charge >= 0.3 is 0 Å². The van der Waals surface area contributed by atoms with Crippen LogP contribution in [0.15, 0.2) is 59.1 Å². The predicted molar refractivity (Wildman–Crippen MR) is 115 cm³/mol. The van der Waals surface area contributed by atoms with Crippen LogP contribution < -0.4 is 14.8 Å². The average molecular weight is 400 g/mol. The SMILES string of the molecule is COc1ccc(Oc2cc(NC(C)C)c3c4c(onc24)-c2ccccc2C3=O)cc1. The zero-order chi connectivity index (χ0) is 20.8. The number of methoxy groups -OCH3 is 1. The monoisotopic (exact) mass is 400 g/mol. The van der Waals surface area contributed by atoms with Crippen LogP contribution in [0.25, 0.3) is 22.2 Å². The largest absolute Gasteiger partial charge is 0.497 e. The highest BCUT2D eigenvalue weighted by atomic mass is 16.5. The second-order valence-electron chi connectivity index (χ2n) is 7.48. The van der Waals surface area contributed by atoms with Crippen molar-refractivity contribution in [3.63, 3.8) is 0 Å². The quantitative estimate of drug-likeness (QED) is 0.410. The number of anilines is 1. The third kappa shape index (κ3) is 2.80. The van der Waals surface area contributed by atoms with Gasteiger partial charge in [-0.1, -0.05) is 29.4 Å². The summed E-state index contributed by atoms with van der Waals surface area (Å²) in [6.45, 7) is 4.05. The van der Waals surface area contributed by atoms with Crippen molar-refractivity contribution in [2.45, 2.75) is 19.9 Å². The Morgan fingerprint density at radius 2 is 1.70 bits per heavy atom. The first-order chi connectivity index (χ1) is 14.6. The van der Waals surface area contributed by atoms with E-state index in [1.807, 2.05) is 68.4 Å². The molecule has 3 aromatic carbocycles. The molecule has 0 fully saturated rings. The van der Waals surface area contributed by atoms with Crippen molar-refractivity contribution in [2.24, 2.45) is 0 Å². The highest BCUT2D eigenvalue weighted by Crippen LogP contribution is 2.46. The number of hydrogen-bond acceptors (Lipinski definition) is 6. The molecule has 30 heavy (non-hydrogen) atoms. The topological polar surface area (TPSA) is 73.6 Å². The number of ether oxygens (including phenoxy) is 2. The molecule has 0 amide bonds. The molecule has 1 heterocycles. The van der Waals surface area contributed by atoms with E-state index in [0.29, 0.717) is 45.0 Å². The van der Waals surface area contributed by atoms with E-state index in [9.17, 15) is 4.79 Å². The molecular weight excluding hydrogens is 380 g/mol. The second kappa shape index (κ2) is 6.91. The number of nitrogens with one attached hydrogen (secondary N) is 1. The Labute approximate surface area is 173 Å². The van der Waals surface area contributed by atoms with Crippen LogP contribution in [-0.2, 0) is 0 Å². The van der Waals surface area contributed by atoms with Crippen LogP contribution in [0.5, 0.6) is 17.2 Å². The summed E-state index contributed by atoms with van der Waals surface area (Å²) < 4.78 is 17.1. The minimum atomic E-state index is -0.0505. The smallest absolute Gasteiger partial charge is 0.196 e. The van der Waals surface area contributed by atoms with Gasteiger partial charge in [0.15, 0.2) is 22.8 Å². The van der Waals surface area contributed by atoms with Gasteiger partial charge in [0.1, 0.15) is 11.5 Å². The number of ketones is 1. The molecule has 150 valence electrons. The first-order valence-electron chi connectivity index (χ1n) is 9.75. The van der Waals surface area contributed by atoms with E-state index in [2.05, 4.69) is 10.5 Å². The van der Waals surface area contributed by atoms with Crippen LogP contribution in [-0.4, -0.2) is 24.1 Å². The van der Waals surface area contributed by atoms with Crippen molar-refractivity contribution in [1.82, 2.24) is 5.16 Å². The second-order valence-corrected chi connectivity index (χ2v) is 7.48. The summed E-state index contributed by atoms with van der Waals surface area (Å²) in [5.41, 5.74) is 3.14. The summed E-state index contributed by atoms with van der Waals surface area (Å²) in [6, 6.07) is 16.7. The van der Waals surface area contributed by atoms with Gasteiger partial charge in [-0.3, -0.25) is 4.79 Å². The van der Waals surface area contributed by atoms with Gasteiger partial charge < -0.3 is 19.3 Å². The molecule has 0 spiro atoms. The van der Waals surface area contributed by atoms with E-state index < -0.39 is 0 Å². The minimum absolute atomic E-state index is 0.0505. The van der Waals surface area contributed by atoms with E-state index in [1.165, 1.54) is 0 Å². The minimum Gasteiger partial charge on any atom is -0.497 e. The number of nitrogens with zero attached hydrogens (tertiary/aromatic N) is 1. The number of carbonyl (C=O) groups is 1. The Balaban J connectivity index is 1.72. The number of fused-ring (bicyclic) bond motifs is 2. The molecule has 0 unspecified atom stereocenters. The zero-order valence-corrected chi connectivity index (χ0v) is 16.9. The van der Waals surface area contributed by atoms with Gasteiger partial charge in [0.2, 0.25) is 0 Å². The molecule has 0 saturated heterocycles. The van der Waals surface area contributed by atoms with Crippen LogP contribution in [0.3, 0.4) is 0 Å².